The maximum Gasteiger partial charge on any atom is 0.416 e. The first-order valence-electron chi connectivity index (χ1n) is 8.14. The molecule has 8 heteroatoms. The number of rotatable bonds is 8. The minimum Gasteiger partial charge on any atom is -0.497 e. The SMILES string of the molecule is COc1ccc(OC[C@@H](C)NC(=O)COc2cccc(C(F)(F)F)c2)cc1. The van der Waals surface area contributed by atoms with Crippen molar-refractivity contribution in [2.24, 2.45) is 0 Å². The van der Waals surface area contributed by atoms with E-state index in [1.807, 2.05) is 0 Å². The minimum atomic E-state index is -4.46. The Morgan fingerprint density at radius 3 is 2.33 bits per heavy atom. The van der Waals surface area contributed by atoms with Crippen molar-refractivity contribution in [3.8, 4) is 17.2 Å². The van der Waals surface area contributed by atoms with Crippen molar-refractivity contribution in [1.29, 1.82) is 0 Å². The fourth-order valence-corrected chi connectivity index (χ4v) is 2.16. The average molecular weight is 383 g/mol. The van der Waals surface area contributed by atoms with Crippen LogP contribution in [0.5, 0.6) is 17.2 Å². The molecule has 0 aliphatic rings. The molecule has 0 spiro atoms. The summed E-state index contributed by atoms with van der Waals surface area (Å²) < 4.78 is 53.7. The monoisotopic (exact) mass is 383 g/mol. The van der Waals surface area contributed by atoms with Crippen LogP contribution in [-0.4, -0.2) is 32.3 Å². The zero-order chi connectivity index (χ0) is 19.9. The summed E-state index contributed by atoms with van der Waals surface area (Å²) in [6, 6.07) is 11.0. The Balaban J connectivity index is 1.76. The third-order valence-corrected chi connectivity index (χ3v) is 3.50. The van der Waals surface area contributed by atoms with Crippen LogP contribution in [0, 0.1) is 0 Å². The molecule has 0 radical (unpaired) electrons. The van der Waals surface area contributed by atoms with E-state index in [-0.39, 0.29) is 18.4 Å². The van der Waals surface area contributed by atoms with E-state index >= 15 is 0 Å². The van der Waals surface area contributed by atoms with Gasteiger partial charge in [0.2, 0.25) is 0 Å². The van der Waals surface area contributed by atoms with Crippen LogP contribution in [0.3, 0.4) is 0 Å². The number of nitrogens with one attached hydrogen (secondary N) is 1. The summed E-state index contributed by atoms with van der Waals surface area (Å²) in [6.45, 7) is 1.57. The van der Waals surface area contributed by atoms with Crippen molar-refractivity contribution < 1.29 is 32.2 Å². The molecule has 0 aromatic heterocycles. The zero-order valence-electron chi connectivity index (χ0n) is 14.9. The Hall–Kier alpha value is -2.90. The molecule has 2 rings (SSSR count). The molecule has 0 saturated carbocycles. The van der Waals surface area contributed by atoms with E-state index in [0.29, 0.717) is 11.5 Å². The standard InChI is InChI=1S/C19H20F3NO4/c1-13(11-26-16-8-6-15(25-2)7-9-16)23-18(24)12-27-17-5-3-4-14(10-17)19(20,21)22/h3-10,13H,11-12H2,1-2H3,(H,23,24)/t13-/m1/s1. The first-order chi connectivity index (χ1) is 12.8. The third kappa shape index (κ3) is 6.73. The van der Waals surface area contributed by atoms with Gasteiger partial charge in [-0.1, -0.05) is 6.07 Å². The van der Waals surface area contributed by atoms with Gasteiger partial charge in [0.1, 0.15) is 23.9 Å². The average Bonchev–Trinajstić information content (AvgIpc) is 2.64. The summed E-state index contributed by atoms with van der Waals surface area (Å²) in [7, 11) is 1.56. The molecule has 1 atom stereocenters. The predicted molar refractivity (Wildman–Crippen MR) is 93.0 cm³/mol. The highest BCUT2D eigenvalue weighted by molar-refractivity contribution is 5.77. The van der Waals surface area contributed by atoms with Crippen LogP contribution in [0.25, 0.3) is 0 Å². The first kappa shape index (κ1) is 20.4. The Kier molecular flexibility index (Phi) is 6.92. The molecule has 146 valence electrons. The molecule has 27 heavy (non-hydrogen) atoms. The highest BCUT2D eigenvalue weighted by atomic mass is 19.4. The maximum atomic E-state index is 12.7. The van der Waals surface area contributed by atoms with Crippen molar-refractivity contribution in [3.05, 3.63) is 54.1 Å². The van der Waals surface area contributed by atoms with E-state index in [4.69, 9.17) is 14.2 Å². The molecule has 0 heterocycles. The maximum absolute atomic E-state index is 12.7. The first-order valence-corrected chi connectivity index (χ1v) is 8.14. The summed E-state index contributed by atoms with van der Waals surface area (Å²) in [5.74, 6) is 0.841. The van der Waals surface area contributed by atoms with E-state index in [9.17, 15) is 18.0 Å². The van der Waals surface area contributed by atoms with Gasteiger partial charge in [0.25, 0.3) is 5.91 Å². The lowest BCUT2D eigenvalue weighted by Gasteiger charge is -2.16. The Morgan fingerprint density at radius 2 is 1.70 bits per heavy atom. The topological polar surface area (TPSA) is 56.8 Å². The van der Waals surface area contributed by atoms with Gasteiger partial charge in [-0.15, -0.1) is 0 Å². The second-order valence-corrected chi connectivity index (χ2v) is 5.77. The van der Waals surface area contributed by atoms with Crippen molar-refractivity contribution >= 4 is 5.91 Å². The number of hydrogen-bond acceptors (Lipinski definition) is 4. The summed E-state index contributed by atoms with van der Waals surface area (Å²) in [4.78, 5) is 11.9. The molecule has 0 fully saturated rings. The second kappa shape index (κ2) is 9.16. The predicted octanol–water partition coefficient (Wildman–Crippen LogP) is 3.68. The van der Waals surface area contributed by atoms with Gasteiger partial charge >= 0.3 is 6.18 Å². The van der Waals surface area contributed by atoms with Crippen LogP contribution in [0.1, 0.15) is 12.5 Å². The lowest BCUT2D eigenvalue weighted by molar-refractivity contribution is -0.137. The number of hydrogen-bond donors (Lipinski definition) is 1. The van der Waals surface area contributed by atoms with Gasteiger partial charge in [0, 0.05) is 0 Å². The van der Waals surface area contributed by atoms with Crippen LogP contribution in [0.15, 0.2) is 48.5 Å². The molecule has 5 nitrogen and oxygen atoms in total. The van der Waals surface area contributed by atoms with Crippen molar-refractivity contribution in [2.45, 2.75) is 19.1 Å². The van der Waals surface area contributed by atoms with Crippen LogP contribution in [0.2, 0.25) is 0 Å². The van der Waals surface area contributed by atoms with Gasteiger partial charge < -0.3 is 19.5 Å². The Morgan fingerprint density at radius 1 is 1.04 bits per heavy atom. The molecule has 2 aromatic carbocycles. The fraction of sp³-hybridized carbons (Fsp3) is 0.316. The number of amides is 1. The van der Waals surface area contributed by atoms with Crippen molar-refractivity contribution in [2.75, 3.05) is 20.3 Å². The second-order valence-electron chi connectivity index (χ2n) is 5.77. The number of carbonyl (C=O) groups excluding carboxylic acids is 1. The van der Waals surface area contributed by atoms with Crippen molar-refractivity contribution in [3.63, 3.8) is 0 Å². The summed E-state index contributed by atoms with van der Waals surface area (Å²) in [6.07, 6.45) is -4.46. The minimum absolute atomic E-state index is 0.0258. The normalized spacial score (nSPS) is 12.2. The van der Waals surface area contributed by atoms with Crippen LogP contribution >= 0.6 is 0 Å². The van der Waals surface area contributed by atoms with Crippen molar-refractivity contribution in [1.82, 2.24) is 5.32 Å². The smallest absolute Gasteiger partial charge is 0.416 e. The van der Waals surface area contributed by atoms with E-state index in [1.165, 1.54) is 12.1 Å². The summed E-state index contributed by atoms with van der Waals surface area (Å²) >= 11 is 0. The molecular formula is C19H20F3NO4. The number of benzene rings is 2. The summed E-state index contributed by atoms with van der Waals surface area (Å²) in [5.41, 5.74) is -0.832. The zero-order valence-corrected chi connectivity index (χ0v) is 14.9. The van der Waals surface area contributed by atoms with Gasteiger partial charge in [-0.2, -0.15) is 13.2 Å². The molecule has 0 bridgehead atoms. The molecule has 0 unspecified atom stereocenters. The molecule has 0 aliphatic heterocycles. The van der Waals surface area contributed by atoms with Gasteiger partial charge in [-0.25, -0.2) is 0 Å². The highest BCUT2D eigenvalue weighted by Gasteiger charge is 2.30. The Labute approximate surface area is 155 Å². The summed E-state index contributed by atoms with van der Waals surface area (Å²) in [5, 5.41) is 2.65. The van der Waals surface area contributed by atoms with E-state index in [2.05, 4.69) is 5.32 Å². The molecule has 1 amide bonds. The molecule has 0 aliphatic carbocycles. The van der Waals surface area contributed by atoms with Gasteiger partial charge in [0.15, 0.2) is 6.61 Å². The number of methoxy groups -OCH3 is 1. The van der Waals surface area contributed by atoms with Crippen LogP contribution < -0.4 is 19.5 Å². The van der Waals surface area contributed by atoms with Gasteiger partial charge in [-0.3, -0.25) is 4.79 Å². The van der Waals surface area contributed by atoms with E-state index in [0.717, 1.165) is 12.1 Å². The lowest BCUT2D eigenvalue weighted by Crippen LogP contribution is -2.39. The number of alkyl halides is 3. The quantitative estimate of drug-likeness (QED) is 0.756. The molecule has 1 N–H and O–H groups in total. The largest absolute Gasteiger partial charge is 0.497 e. The third-order valence-electron chi connectivity index (χ3n) is 3.50. The fourth-order valence-electron chi connectivity index (χ4n) is 2.16. The molecular weight excluding hydrogens is 363 g/mol. The van der Waals surface area contributed by atoms with E-state index < -0.39 is 24.3 Å². The van der Waals surface area contributed by atoms with Gasteiger partial charge in [0.05, 0.1) is 18.7 Å². The Bertz CT molecular complexity index is 747. The number of halogens is 3. The number of carbonyl (C=O) groups is 1. The lowest BCUT2D eigenvalue weighted by atomic mass is 10.2. The van der Waals surface area contributed by atoms with Gasteiger partial charge in [-0.05, 0) is 49.4 Å². The van der Waals surface area contributed by atoms with E-state index in [1.54, 1.807) is 38.3 Å². The van der Waals surface area contributed by atoms with Crippen LogP contribution in [-0.2, 0) is 11.0 Å². The molecule has 0 saturated heterocycles. The van der Waals surface area contributed by atoms with Crippen LogP contribution in [0.4, 0.5) is 13.2 Å². The molecule has 2 aromatic rings. The highest BCUT2D eigenvalue weighted by Crippen LogP contribution is 2.31. The number of ether oxygens (including phenoxy) is 3.